The van der Waals surface area contributed by atoms with E-state index in [9.17, 15) is 13.2 Å². The van der Waals surface area contributed by atoms with Crippen LogP contribution >= 0.6 is 0 Å². The fraction of sp³-hybridized carbons (Fsp3) is 0.278. The molecule has 0 spiro atoms. The van der Waals surface area contributed by atoms with Crippen molar-refractivity contribution in [2.75, 3.05) is 5.32 Å². The molecule has 0 aromatic heterocycles. The molecule has 3 rings (SSSR count). The molecule has 0 atom stereocenters. The lowest BCUT2D eigenvalue weighted by atomic mass is 10.1. The van der Waals surface area contributed by atoms with Crippen molar-refractivity contribution in [1.82, 2.24) is 10.0 Å². The van der Waals surface area contributed by atoms with Crippen LogP contribution in [0.3, 0.4) is 0 Å². The molecule has 0 saturated heterocycles. The van der Waals surface area contributed by atoms with Gasteiger partial charge in [0.2, 0.25) is 10.0 Å². The van der Waals surface area contributed by atoms with Crippen LogP contribution in [0.5, 0.6) is 0 Å². The highest BCUT2D eigenvalue weighted by molar-refractivity contribution is 7.89. The number of rotatable bonds is 5. The molecule has 0 fully saturated rings. The summed E-state index contributed by atoms with van der Waals surface area (Å²) in [6, 6.07) is 11.6. The molecule has 0 radical (unpaired) electrons. The molecule has 2 aromatic carbocycles. The zero-order valence-corrected chi connectivity index (χ0v) is 15.0. The number of amides is 1. The Morgan fingerprint density at radius 3 is 2.40 bits per heavy atom. The molecular weight excluding hydrogens is 338 g/mol. The zero-order valence-electron chi connectivity index (χ0n) is 14.2. The Morgan fingerprint density at radius 2 is 1.72 bits per heavy atom. The van der Waals surface area contributed by atoms with Gasteiger partial charge in [0.25, 0.3) is 5.91 Å². The topological polar surface area (TPSA) is 87.3 Å². The van der Waals surface area contributed by atoms with E-state index < -0.39 is 10.0 Å². The number of anilines is 1. The van der Waals surface area contributed by atoms with E-state index >= 15 is 0 Å². The number of sulfonamides is 1. The SMILES string of the molecule is CC(C)NS(=O)(=O)c1ccc(NC(=O)c2ccc3c(c2)CNC3)cc1. The summed E-state index contributed by atoms with van der Waals surface area (Å²) in [5, 5.41) is 6.04. The van der Waals surface area contributed by atoms with Crippen LogP contribution in [0, 0.1) is 0 Å². The number of carbonyl (C=O) groups is 1. The lowest BCUT2D eigenvalue weighted by molar-refractivity contribution is 0.102. The summed E-state index contributed by atoms with van der Waals surface area (Å²) >= 11 is 0. The van der Waals surface area contributed by atoms with Gasteiger partial charge in [-0.05, 0) is 61.4 Å². The summed E-state index contributed by atoms with van der Waals surface area (Å²) in [4.78, 5) is 12.5. The van der Waals surface area contributed by atoms with Gasteiger partial charge in [0.1, 0.15) is 0 Å². The number of nitrogens with one attached hydrogen (secondary N) is 3. The van der Waals surface area contributed by atoms with E-state index in [1.54, 1.807) is 32.0 Å². The molecule has 2 aromatic rings. The highest BCUT2D eigenvalue weighted by Gasteiger charge is 2.16. The molecule has 0 aliphatic carbocycles. The van der Waals surface area contributed by atoms with Crippen LogP contribution in [0.15, 0.2) is 47.4 Å². The van der Waals surface area contributed by atoms with Gasteiger partial charge in [-0.3, -0.25) is 4.79 Å². The molecule has 1 aliphatic heterocycles. The van der Waals surface area contributed by atoms with Crippen molar-refractivity contribution >= 4 is 21.6 Å². The van der Waals surface area contributed by atoms with E-state index in [4.69, 9.17) is 0 Å². The van der Waals surface area contributed by atoms with Crippen molar-refractivity contribution in [2.45, 2.75) is 37.9 Å². The smallest absolute Gasteiger partial charge is 0.255 e. The first-order chi connectivity index (χ1) is 11.8. The molecule has 3 N–H and O–H groups in total. The maximum absolute atomic E-state index is 12.4. The van der Waals surface area contributed by atoms with Crippen LogP contribution < -0.4 is 15.4 Å². The fourth-order valence-corrected chi connectivity index (χ4v) is 3.99. The number of benzene rings is 2. The first kappa shape index (κ1) is 17.6. The third-order valence-electron chi connectivity index (χ3n) is 3.91. The van der Waals surface area contributed by atoms with Crippen molar-refractivity contribution < 1.29 is 13.2 Å². The Kier molecular flexibility index (Phi) is 4.89. The van der Waals surface area contributed by atoms with Gasteiger partial charge in [-0.1, -0.05) is 6.07 Å². The largest absolute Gasteiger partial charge is 0.322 e. The molecule has 1 aliphatic rings. The average Bonchev–Trinajstić information content (AvgIpc) is 3.01. The summed E-state index contributed by atoms with van der Waals surface area (Å²) in [6.45, 7) is 5.12. The average molecular weight is 359 g/mol. The fourth-order valence-electron chi connectivity index (χ4n) is 2.74. The summed E-state index contributed by atoms with van der Waals surface area (Å²) in [5.41, 5.74) is 3.48. The molecule has 0 unspecified atom stereocenters. The van der Waals surface area contributed by atoms with Crippen molar-refractivity contribution in [2.24, 2.45) is 0 Å². The Balaban J connectivity index is 1.72. The second kappa shape index (κ2) is 6.95. The van der Waals surface area contributed by atoms with Crippen LogP contribution in [0.2, 0.25) is 0 Å². The van der Waals surface area contributed by atoms with Gasteiger partial charge in [-0.2, -0.15) is 0 Å². The maximum Gasteiger partial charge on any atom is 0.255 e. The third-order valence-corrected chi connectivity index (χ3v) is 5.59. The Hall–Kier alpha value is -2.22. The minimum Gasteiger partial charge on any atom is -0.322 e. The first-order valence-electron chi connectivity index (χ1n) is 8.11. The monoisotopic (exact) mass is 359 g/mol. The Labute approximate surface area is 147 Å². The lowest BCUT2D eigenvalue weighted by Crippen LogP contribution is -2.30. The van der Waals surface area contributed by atoms with E-state index in [0.717, 1.165) is 18.7 Å². The van der Waals surface area contributed by atoms with Crippen molar-refractivity contribution in [1.29, 1.82) is 0 Å². The van der Waals surface area contributed by atoms with E-state index in [0.29, 0.717) is 11.3 Å². The van der Waals surface area contributed by atoms with Gasteiger partial charge in [-0.15, -0.1) is 0 Å². The summed E-state index contributed by atoms with van der Waals surface area (Å²) < 4.78 is 26.7. The van der Waals surface area contributed by atoms with Crippen molar-refractivity contribution in [3.8, 4) is 0 Å². The highest BCUT2D eigenvalue weighted by atomic mass is 32.2. The summed E-state index contributed by atoms with van der Waals surface area (Å²) in [7, 11) is -3.53. The molecule has 6 nitrogen and oxygen atoms in total. The van der Waals surface area contributed by atoms with Gasteiger partial charge < -0.3 is 10.6 Å². The van der Waals surface area contributed by atoms with E-state index in [-0.39, 0.29) is 16.8 Å². The first-order valence-corrected chi connectivity index (χ1v) is 9.60. The minimum atomic E-state index is -3.53. The van der Waals surface area contributed by atoms with E-state index in [1.807, 2.05) is 12.1 Å². The number of hydrogen-bond acceptors (Lipinski definition) is 4. The van der Waals surface area contributed by atoms with Crippen LogP contribution in [-0.4, -0.2) is 20.4 Å². The third kappa shape index (κ3) is 4.07. The van der Waals surface area contributed by atoms with Gasteiger partial charge >= 0.3 is 0 Å². The van der Waals surface area contributed by atoms with Crippen molar-refractivity contribution in [3.63, 3.8) is 0 Å². The predicted octanol–water partition coefficient (Wildman–Crippen LogP) is 2.23. The zero-order chi connectivity index (χ0) is 18.0. The summed E-state index contributed by atoms with van der Waals surface area (Å²) in [6.07, 6.45) is 0. The summed E-state index contributed by atoms with van der Waals surface area (Å²) in [5.74, 6) is -0.217. The second-order valence-corrected chi connectivity index (χ2v) is 8.06. The molecule has 1 amide bonds. The maximum atomic E-state index is 12.4. The normalized spacial score (nSPS) is 13.7. The minimum absolute atomic E-state index is 0.169. The molecule has 7 heteroatoms. The van der Waals surface area contributed by atoms with Gasteiger partial charge in [0, 0.05) is 30.4 Å². The predicted molar refractivity (Wildman–Crippen MR) is 96.8 cm³/mol. The Morgan fingerprint density at radius 1 is 1.04 bits per heavy atom. The van der Waals surface area contributed by atoms with Gasteiger partial charge in [-0.25, -0.2) is 13.1 Å². The van der Waals surface area contributed by atoms with Gasteiger partial charge in [0.15, 0.2) is 0 Å². The standard InChI is InChI=1S/C18H21N3O3S/c1-12(2)21-25(23,24)17-7-5-16(6-8-17)20-18(22)13-3-4-14-10-19-11-15(14)9-13/h3-9,12,19,21H,10-11H2,1-2H3,(H,20,22). The van der Waals surface area contributed by atoms with Crippen LogP contribution in [0.1, 0.15) is 35.3 Å². The number of hydrogen-bond donors (Lipinski definition) is 3. The molecule has 0 saturated carbocycles. The quantitative estimate of drug-likeness (QED) is 0.764. The number of carbonyl (C=O) groups excluding carboxylic acids is 1. The molecule has 132 valence electrons. The van der Waals surface area contributed by atoms with Crippen LogP contribution in [-0.2, 0) is 23.1 Å². The number of fused-ring (bicyclic) bond motifs is 1. The lowest BCUT2D eigenvalue weighted by Gasteiger charge is -2.11. The molecule has 25 heavy (non-hydrogen) atoms. The highest BCUT2D eigenvalue weighted by Crippen LogP contribution is 2.19. The Bertz CT molecular complexity index is 890. The molecule has 1 heterocycles. The molecule has 0 bridgehead atoms. The van der Waals surface area contributed by atoms with Crippen LogP contribution in [0.4, 0.5) is 5.69 Å². The second-order valence-electron chi connectivity index (χ2n) is 6.34. The van der Waals surface area contributed by atoms with E-state index in [2.05, 4.69) is 15.4 Å². The van der Waals surface area contributed by atoms with E-state index in [1.165, 1.54) is 17.7 Å². The van der Waals surface area contributed by atoms with Crippen LogP contribution in [0.25, 0.3) is 0 Å². The van der Waals surface area contributed by atoms with Crippen molar-refractivity contribution in [3.05, 3.63) is 59.2 Å². The molecular formula is C18H21N3O3S. The van der Waals surface area contributed by atoms with Gasteiger partial charge in [0.05, 0.1) is 4.90 Å².